The molecule has 2 amide bonds. The fourth-order valence-electron chi connectivity index (χ4n) is 5.17. The highest BCUT2D eigenvalue weighted by Gasteiger charge is 2.32. The van der Waals surface area contributed by atoms with Gasteiger partial charge in [-0.15, -0.1) is 5.10 Å². The molecule has 0 saturated heterocycles. The van der Waals surface area contributed by atoms with E-state index in [0.29, 0.717) is 30.8 Å². The molecule has 6 rings (SSSR count). The number of nitrogens with one attached hydrogen (secondary N) is 1. The standard InChI is InChI=1S/C32H28N8O2/c1-2-38-21-27(36-37-38)18-25-8-4-3-7-24(25)16-22-10-12-28(13-11-22)39-14-15-40-30(32(39)42)29(20-34-40)31(41)35-26-9-5-6-23(17-26)19-33/h3-13,17,20-21H,2,14-16,18H2,1H3,(H,35,41). The second-order valence-corrected chi connectivity index (χ2v) is 10.1. The lowest BCUT2D eigenvalue weighted by atomic mass is 9.97. The molecule has 0 aliphatic carbocycles. The van der Waals surface area contributed by atoms with Gasteiger partial charge in [0.25, 0.3) is 11.8 Å². The Balaban J connectivity index is 1.17. The van der Waals surface area contributed by atoms with E-state index in [9.17, 15) is 9.59 Å². The first-order chi connectivity index (χ1) is 20.5. The van der Waals surface area contributed by atoms with E-state index in [0.717, 1.165) is 29.9 Å². The highest BCUT2D eigenvalue weighted by Crippen LogP contribution is 2.25. The number of aromatic nitrogens is 5. The first kappa shape index (κ1) is 26.7. The summed E-state index contributed by atoms with van der Waals surface area (Å²) >= 11 is 0. The zero-order chi connectivity index (χ0) is 29.1. The number of carbonyl (C=O) groups is 2. The SMILES string of the molecule is CCn1cc(Cc2ccccc2Cc2ccc(N3CCn4ncc(C(=O)Nc5cccc(C#N)c5)c4C3=O)cc2)nn1. The van der Waals surface area contributed by atoms with Crippen LogP contribution in [0.1, 0.15) is 55.7 Å². The van der Waals surface area contributed by atoms with Crippen molar-refractivity contribution in [2.24, 2.45) is 0 Å². The summed E-state index contributed by atoms with van der Waals surface area (Å²) in [5.41, 5.74) is 6.58. The highest BCUT2D eigenvalue weighted by atomic mass is 16.2. The van der Waals surface area contributed by atoms with Crippen molar-refractivity contribution in [3.05, 3.63) is 124 Å². The number of rotatable bonds is 8. The van der Waals surface area contributed by atoms with Gasteiger partial charge in [-0.2, -0.15) is 10.4 Å². The van der Waals surface area contributed by atoms with Crippen molar-refractivity contribution in [1.29, 1.82) is 5.26 Å². The molecule has 0 fully saturated rings. The van der Waals surface area contributed by atoms with Gasteiger partial charge in [-0.3, -0.25) is 19.0 Å². The largest absolute Gasteiger partial charge is 0.322 e. The summed E-state index contributed by atoms with van der Waals surface area (Å²) in [6, 6.07) is 25.0. The molecule has 3 heterocycles. The van der Waals surface area contributed by atoms with Crippen LogP contribution in [0.15, 0.2) is 85.2 Å². The number of carbonyl (C=O) groups excluding carboxylic acids is 2. The van der Waals surface area contributed by atoms with Gasteiger partial charge in [0, 0.05) is 37.1 Å². The van der Waals surface area contributed by atoms with Crippen LogP contribution in [0.25, 0.3) is 0 Å². The van der Waals surface area contributed by atoms with Crippen LogP contribution in [-0.4, -0.2) is 43.1 Å². The maximum atomic E-state index is 13.6. The first-order valence-electron chi connectivity index (χ1n) is 13.8. The molecule has 10 heteroatoms. The Hall–Kier alpha value is -5.56. The minimum atomic E-state index is -0.451. The molecule has 0 unspecified atom stereocenters. The maximum Gasteiger partial charge on any atom is 0.277 e. The molecule has 5 aromatic rings. The Labute approximate surface area is 242 Å². The topological polar surface area (TPSA) is 122 Å². The summed E-state index contributed by atoms with van der Waals surface area (Å²) < 4.78 is 3.40. The number of benzene rings is 3. The normalized spacial score (nSPS) is 12.6. The number of hydrogen-bond donors (Lipinski definition) is 1. The van der Waals surface area contributed by atoms with Gasteiger partial charge < -0.3 is 10.2 Å². The second-order valence-electron chi connectivity index (χ2n) is 10.1. The minimum absolute atomic E-state index is 0.194. The molecule has 2 aromatic heterocycles. The molecular weight excluding hydrogens is 528 g/mol. The fraction of sp³-hybridized carbons (Fsp3) is 0.188. The van der Waals surface area contributed by atoms with Crippen LogP contribution in [0, 0.1) is 11.3 Å². The molecule has 1 aliphatic heterocycles. The third kappa shape index (κ3) is 5.40. The van der Waals surface area contributed by atoms with Crippen LogP contribution in [0.4, 0.5) is 11.4 Å². The third-order valence-corrected chi connectivity index (χ3v) is 7.36. The summed E-state index contributed by atoms with van der Waals surface area (Å²) in [7, 11) is 0. The van der Waals surface area contributed by atoms with Crippen molar-refractivity contribution in [1.82, 2.24) is 24.8 Å². The van der Waals surface area contributed by atoms with Gasteiger partial charge in [0.05, 0.1) is 35.6 Å². The van der Waals surface area contributed by atoms with Crippen LogP contribution >= 0.6 is 0 Å². The quantitative estimate of drug-likeness (QED) is 0.301. The molecule has 0 spiro atoms. The van der Waals surface area contributed by atoms with Gasteiger partial charge in [-0.25, -0.2) is 0 Å². The molecule has 0 saturated carbocycles. The zero-order valence-corrected chi connectivity index (χ0v) is 23.1. The molecule has 208 valence electrons. The van der Waals surface area contributed by atoms with Gasteiger partial charge in [-0.1, -0.05) is 47.7 Å². The lowest BCUT2D eigenvalue weighted by Gasteiger charge is -2.28. The van der Waals surface area contributed by atoms with Crippen molar-refractivity contribution in [3.8, 4) is 6.07 Å². The Morgan fingerprint density at radius 3 is 2.52 bits per heavy atom. The van der Waals surface area contributed by atoms with E-state index in [1.165, 1.54) is 17.3 Å². The van der Waals surface area contributed by atoms with E-state index in [4.69, 9.17) is 5.26 Å². The molecule has 0 bridgehead atoms. The monoisotopic (exact) mass is 556 g/mol. The average Bonchev–Trinajstić information content (AvgIpc) is 3.67. The Morgan fingerprint density at radius 2 is 1.79 bits per heavy atom. The van der Waals surface area contributed by atoms with Gasteiger partial charge >= 0.3 is 0 Å². The second kappa shape index (κ2) is 11.5. The predicted molar refractivity (Wildman–Crippen MR) is 157 cm³/mol. The maximum absolute atomic E-state index is 13.6. The molecular formula is C32H28N8O2. The Bertz CT molecular complexity index is 1810. The van der Waals surface area contributed by atoms with E-state index < -0.39 is 5.91 Å². The van der Waals surface area contributed by atoms with E-state index in [1.54, 1.807) is 33.8 Å². The number of hydrogen-bond acceptors (Lipinski definition) is 6. The van der Waals surface area contributed by atoms with Crippen LogP contribution in [0.5, 0.6) is 0 Å². The third-order valence-electron chi connectivity index (χ3n) is 7.36. The smallest absolute Gasteiger partial charge is 0.277 e. The van der Waals surface area contributed by atoms with Crippen molar-refractivity contribution in [3.63, 3.8) is 0 Å². The summed E-state index contributed by atoms with van der Waals surface area (Å²) in [6.45, 7) is 3.74. The minimum Gasteiger partial charge on any atom is -0.322 e. The van der Waals surface area contributed by atoms with Crippen LogP contribution in [-0.2, 0) is 25.9 Å². The van der Waals surface area contributed by atoms with Gasteiger partial charge in [0.15, 0.2) is 0 Å². The van der Waals surface area contributed by atoms with Crippen molar-refractivity contribution in [2.75, 3.05) is 16.8 Å². The summed E-state index contributed by atoms with van der Waals surface area (Å²) in [5, 5.41) is 24.6. The number of nitrogens with zero attached hydrogens (tertiary/aromatic N) is 7. The van der Waals surface area contributed by atoms with E-state index in [-0.39, 0.29) is 17.2 Å². The van der Waals surface area contributed by atoms with Crippen LogP contribution < -0.4 is 10.2 Å². The van der Waals surface area contributed by atoms with Gasteiger partial charge in [-0.05, 0) is 60.4 Å². The molecule has 0 atom stereocenters. The first-order valence-corrected chi connectivity index (χ1v) is 13.8. The lowest BCUT2D eigenvalue weighted by Crippen LogP contribution is -2.41. The molecule has 10 nitrogen and oxygen atoms in total. The summed E-state index contributed by atoms with van der Waals surface area (Å²) in [5.74, 6) is -0.735. The summed E-state index contributed by atoms with van der Waals surface area (Å²) in [4.78, 5) is 28.4. The molecule has 0 radical (unpaired) electrons. The number of nitriles is 1. The predicted octanol–water partition coefficient (Wildman–Crippen LogP) is 4.46. The fourth-order valence-corrected chi connectivity index (χ4v) is 5.17. The number of anilines is 2. The lowest BCUT2D eigenvalue weighted by molar-refractivity contribution is 0.0947. The molecule has 42 heavy (non-hydrogen) atoms. The van der Waals surface area contributed by atoms with Crippen molar-refractivity contribution in [2.45, 2.75) is 32.9 Å². The number of fused-ring (bicyclic) bond motifs is 1. The van der Waals surface area contributed by atoms with Crippen molar-refractivity contribution < 1.29 is 9.59 Å². The highest BCUT2D eigenvalue weighted by molar-refractivity contribution is 6.15. The molecule has 1 N–H and O–H groups in total. The molecule has 3 aromatic carbocycles. The zero-order valence-electron chi connectivity index (χ0n) is 23.1. The number of amides is 2. The summed E-state index contributed by atoms with van der Waals surface area (Å²) in [6.07, 6.45) is 4.86. The van der Waals surface area contributed by atoms with E-state index in [1.807, 2.05) is 54.2 Å². The van der Waals surface area contributed by atoms with Gasteiger partial charge in [0.1, 0.15) is 5.69 Å². The van der Waals surface area contributed by atoms with Gasteiger partial charge in [0.2, 0.25) is 0 Å². The number of aryl methyl sites for hydroxylation is 1. The Kier molecular flexibility index (Phi) is 7.30. The van der Waals surface area contributed by atoms with E-state index in [2.05, 4.69) is 38.9 Å². The molecule has 1 aliphatic rings. The van der Waals surface area contributed by atoms with E-state index >= 15 is 0 Å². The van der Waals surface area contributed by atoms with Crippen LogP contribution in [0.2, 0.25) is 0 Å². The van der Waals surface area contributed by atoms with Crippen LogP contribution in [0.3, 0.4) is 0 Å². The Morgan fingerprint density at radius 1 is 1.00 bits per heavy atom. The average molecular weight is 557 g/mol. The van der Waals surface area contributed by atoms with Crippen molar-refractivity contribution >= 4 is 23.2 Å².